The van der Waals surface area contributed by atoms with Crippen molar-refractivity contribution in [3.63, 3.8) is 0 Å². The van der Waals surface area contributed by atoms with Gasteiger partial charge in [0.25, 0.3) is 0 Å². The molecule has 3 rings (SSSR count). The van der Waals surface area contributed by atoms with Crippen LogP contribution in [0, 0.1) is 34.5 Å². The molecular weight excluding hydrogens is 228 g/mol. The second kappa shape index (κ2) is 3.25. The van der Waals surface area contributed by atoms with E-state index in [1.807, 2.05) is 19.9 Å². The lowest BCUT2D eigenvalue weighted by Gasteiger charge is -2.30. The highest BCUT2D eigenvalue weighted by molar-refractivity contribution is 5.96. The Bertz CT molecular complexity index is 455. The summed E-state index contributed by atoms with van der Waals surface area (Å²) in [5, 5.41) is 0. The number of rotatable bonds is 3. The summed E-state index contributed by atoms with van der Waals surface area (Å²) in [6, 6.07) is 0. The number of carbonyl (C=O) groups excluding carboxylic acids is 2. The van der Waals surface area contributed by atoms with Gasteiger partial charge in [0.15, 0.2) is 0 Å². The highest BCUT2D eigenvalue weighted by atomic mass is 16.5. The number of fused-ring (bicyclic) bond motifs is 1. The van der Waals surface area contributed by atoms with E-state index in [-0.39, 0.29) is 23.2 Å². The van der Waals surface area contributed by atoms with Gasteiger partial charge in [-0.2, -0.15) is 0 Å². The summed E-state index contributed by atoms with van der Waals surface area (Å²) in [7, 11) is 1.44. The fourth-order valence-corrected chi connectivity index (χ4v) is 4.94. The van der Waals surface area contributed by atoms with Gasteiger partial charge in [0.05, 0.1) is 12.5 Å². The van der Waals surface area contributed by atoms with Crippen LogP contribution in [0.25, 0.3) is 0 Å². The third-order valence-electron chi connectivity index (χ3n) is 5.82. The SMILES string of the molecule is C=CC[C@]1(C)C(=O)C2C3[C@H]2[C@H]1C[C@@]3(C)C(=O)OC. The van der Waals surface area contributed by atoms with Crippen LogP contribution in [-0.4, -0.2) is 18.9 Å². The Balaban J connectivity index is 1.96. The standard InChI is InChI=1S/C15H20O3/c1-5-6-14(2)8-7-15(3,13(17)18-4)11-9(8)10(11)12(14)16/h5,8-11H,1,6-7H2,2-4H3/t8-,9+,10?,11?,14+,15-/m1/s1. The van der Waals surface area contributed by atoms with Crippen LogP contribution in [0.4, 0.5) is 0 Å². The van der Waals surface area contributed by atoms with Crippen molar-refractivity contribution in [2.75, 3.05) is 7.11 Å². The van der Waals surface area contributed by atoms with Gasteiger partial charge in [-0.1, -0.05) is 13.0 Å². The van der Waals surface area contributed by atoms with Crippen LogP contribution in [0.5, 0.6) is 0 Å². The van der Waals surface area contributed by atoms with Gasteiger partial charge in [0, 0.05) is 11.3 Å². The molecule has 0 N–H and O–H groups in total. The van der Waals surface area contributed by atoms with Crippen molar-refractivity contribution >= 4 is 11.8 Å². The van der Waals surface area contributed by atoms with Crippen molar-refractivity contribution in [3.8, 4) is 0 Å². The summed E-state index contributed by atoms with van der Waals surface area (Å²) in [5.74, 6) is 1.32. The van der Waals surface area contributed by atoms with Crippen molar-refractivity contribution in [1.29, 1.82) is 0 Å². The highest BCUT2D eigenvalue weighted by Crippen LogP contribution is 2.78. The summed E-state index contributed by atoms with van der Waals surface area (Å²) in [4.78, 5) is 24.5. The summed E-state index contributed by atoms with van der Waals surface area (Å²) >= 11 is 0. The summed E-state index contributed by atoms with van der Waals surface area (Å²) in [6.45, 7) is 7.79. The van der Waals surface area contributed by atoms with E-state index in [4.69, 9.17) is 4.74 Å². The van der Waals surface area contributed by atoms with Crippen LogP contribution in [-0.2, 0) is 14.3 Å². The highest BCUT2D eigenvalue weighted by Gasteiger charge is 2.81. The average Bonchev–Trinajstić information content (AvgIpc) is 2.96. The molecule has 0 spiro atoms. The molecule has 0 aromatic carbocycles. The molecule has 0 radical (unpaired) electrons. The van der Waals surface area contributed by atoms with E-state index >= 15 is 0 Å². The minimum absolute atomic E-state index is 0.109. The lowest BCUT2D eigenvalue weighted by Crippen LogP contribution is -2.31. The van der Waals surface area contributed by atoms with Crippen molar-refractivity contribution in [2.24, 2.45) is 34.5 Å². The molecule has 0 heterocycles. The Morgan fingerprint density at radius 2 is 2.22 bits per heavy atom. The first-order valence-electron chi connectivity index (χ1n) is 6.65. The zero-order valence-electron chi connectivity index (χ0n) is 11.2. The summed E-state index contributed by atoms with van der Waals surface area (Å²) in [5.41, 5.74) is -0.733. The zero-order valence-corrected chi connectivity index (χ0v) is 11.2. The lowest BCUT2D eigenvalue weighted by molar-refractivity contribution is -0.153. The first kappa shape index (κ1) is 11.9. The molecule has 3 aliphatic rings. The molecule has 98 valence electrons. The number of ether oxygens (including phenoxy) is 1. The first-order valence-corrected chi connectivity index (χ1v) is 6.65. The molecule has 0 bridgehead atoms. The third-order valence-corrected chi connectivity index (χ3v) is 5.82. The van der Waals surface area contributed by atoms with Gasteiger partial charge in [-0.05, 0) is 37.5 Å². The van der Waals surface area contributed by atoms with Crippen LogP contribution < -0.4 is 0 Å². The van der Waals surface area contributed by atoms with Gasteiger partial charge in [0.2, 0.25) is 0 Å². The van der Waals surface area contributed by atoms with Gasteiger partial charge >= 0.3 is 5.97 Å². The van der Waals surface area contributed by atoms with Crippen molar-refractivity contribution in [2.45, 2.75) is 26.7 Å². The smallest absolute Gasteiger partial charge is 0.311 e. The maximum atomic E-state index is 12.5. The summed E-state index contributed by atoms with van der Waals surface area (Å²) < 4.78 is 4.95. The van der Waals surface area contributed by atoms with Crippen molar-refractivity contribution < 1.29 is 14.3 Å². The third kappa shape index (κ3) is 1.07. The first-order chi connectivity index (χ1) is 8.41. The number of esters is 1. The number of Topliss-reactive ketones (excluding diaryl/α,β-unsaturated/α-hetero) is 1. The van der Waals surface area contributed by atoms with Crippen LogP contribution >= 0.6 is 0 Å². The molecule has 6 atom stereocenters. The minimum Gasteiger partial charge on any atom is -0.469 e. The maximum absolute atomic E-state index is 12.5. The largest absolute Gasteiger partial charge is 0.469 e. The molecule has 3 fully saturated rings. The normalized spacial score (nSPS) is 52.1. The molecular formula is C15H20O3. The van der Waals surface area contributed by atoms with Gasteiger partial charge in [-0.3, -0.25) is 9.59 Å². The fourth-order valence-electron chi connectivity index (χ4n) is 4.94. The van der Waals surface area contributed by atoms with E-state index in [1.165, 1.54) is 7.11 Å². The fraction of sp³-hybridized carbons (Fsp3) is 0.733. The Morgan fingerprint density at radius 1 is 1.56 bits per heavy atom. The van der Waals surface area contributed by atoms with Gasteiger partial charge in [-0.15, -0.1) is 6.58 Å². The number of methoxy groups -OCH3 is 1. The molecule has 2 unspecified atom stereocenters. The quantitative estimate of drug-likeness (QED) is 0.568. The molecule has 18 heavy (non-hydrogen) atoms. The molecule has 3 saturated carbocycles. The molecule has 0 aliphatic heterocycles. The maximum Gasteiger partial charge on any atom is 0.311 e. The van der Waals surface area contributed by atoms with Gasteiger partial charge in [-0.25, -0.2) is 0 Å². The zero-order chi connectivity index (χ0) is 13.3. The van der Waals surface area contributed by atoms with E-state index < -0.39 is 5.41 Å². The van der Waals surface area contributed by atoms with Crippen molar-refractivity contribution in [3.05, 3.63) is 12.7 Å². The molecule has 0 saturated heterocycles. The predicted molar refractivity (Wildman–Crippen MR) is 66.6 cm³/mol. The van der Waals surface area contributed by atoms with E-state index in [0.29, 0.717) is 17.6 Å². The molecule has 3 nitrogen and oxygen atoms in total. The van der Waals surface area contributed by atoms with E-state index in [0.717, 1.165) is 12.8 Å². The Morgan fingerprint density at radius 3 is 2.72 bits per heavy atom. The number of carbonyl (C=O) groups is 2. The number of hydrogen-bond donors (Lipinski definition) is 0. The average molecular weight is 248 g/mol. The van der Waals surface area contributed by atoms with E-state index in [1.54, 1.807) is 0 Å². The molecule has 0 aromatic rings. The second-order valence-corrected chi connectivity index (χ2v) is 6.62. The van der Waals surface area contributed by atoms with Crippen LogP contribution in [0.1, 0.15) is 26.7 Å². The molecule has 3 aliphatic carbocycles. The molecule has 0 aromatic heterocycles. The number of hydrogen-bond acceptors (Lipinski definition) is 3. The van der Waals surface area contributed by atoms with E-state index in [2.05, 4.69) is 6.58 Å². The molecule has 0 amide bonds. The van der Waals surface area contributed by atoms with Gasteiger partial charge < -0.3 is 4.74 Å². The lowest BCUT2D eigenvalue weighted by atomic mass is 9.73. The van der Waals surface area contributed by atoms with Crippen LogP contribution in [0.15, 0.2) is 12.7 Å². The van der Waals surface area contributed by atoms with Crippen molar-refractivity contribution in [1.82, 2.24) is 0 Å². The van der Waals surface area contributed by atoms with Crippen LogP contribution in [0.3, 0.4) is 0 Å². The van der Waals surface area contributed by atoms with Crippen LogP contribution in [0.2, 0.25) is 0 Å². The summed E-state index contributed by atoms with van der Waals surface area (Å²) in [6.07, 6.45) is 3.36. The Kier molecular flexibility index (Phi) is 2.16. The predicted octanol–water partition coefficient (Wildman–Crippen LogP) is 2.21. The number of ketones is 1. The monoisotopic (exact) mass is 248 g/mol. The van der Waals surface area contributed by atoms with E-state index in [9.17, 15) is 9.59 Å². The Hall–Kier alpha value is -1.12. The van der Waals surface area contributed by atoms with Gasteiger partial charge in [0.1, 0.15) is 5.78 Å². The Labute approximate surface area is 108 Å². The minimum atomic E-state index is -0.441. The topological polar surface area (TPSA) is 43.4 Å². The second-order valence-electron chi connectivity index (χ2n) is 6.62. The number of allylic oxidation sites excluding steroid dienone is 1. The molecule has 3 heteroatoms.